The summed E-state index contributed by atoms with van der Waals surface area (Å²) in [5.41, 5.74) is 7.41. The van der Waals surface area contributed by atoms with Crippen LogP contribution in [0.4, 0.5) is 21.7 Å². The molecule has 0 spiro atoms. The number of aromatic nitrogens is 2. The van der Waals surface area contributed by atoms with Crippen LogP contribution in [0.3, 0.4) is 0 Å². The van der Waals surface area contributed by atoms with Gasteiger partial charge >= 0.3 is 0 Å². The number of aryl methyl sites for hydroxylation is 1. The van der Waals surface area contributed by atoms with Crippen LogP contribution in [0, 0.1) is 12.7 Å². The first kappa shape index (κ1) is 13.3. The van der Waals surface area contributed by atoms with Crippen LogP contribution in [0.1, 0.15) is 18.3 Å². The van der Waals surface area contributed by atoms with Crippen molar-refractivity contribution in [2.45, 2.75) is 20.3 Å². The molecule has 1 aromatic heterocycles. The van der Waals surface area contributed by atoms with Crippen molar-refractivity contribution in [1.29, 1.82) is 0 Å². The van der Waals surface area contributed by atoms with Gasteiger partial charge in [-0.3, -0.25) is 0 Å². The van der Waals surface area contributed by atoms with Crippen molar-refractivity contribution in [3.63, 3.8) is 0 Å². The summed E-state index contributed by atoms with van der Waals surface area (Å²) in [6.07, 6.45) is 0.703. The van der Waals surface area contributed by atoms with Crippen LogP contribution in [0.25, 0.3) is 0 Å². The van der Waals surface area contributed by atoms with Gasteiger partial charge in [0, 0.05) is 24.7 Å². The van der Waals surface area contributed by atoms with Crippen LogP contribution in [0.5, 0.6) is 0 Å². The molecule has 1 heterocycles. The van der Waals surface area contributed by atoms with Crippen molar-refractivity contribution in [1.82, 2.24) is 9.97 Å². The van der Waals surface area contributed by atoms with Crippen molar-refractivity contribution < 1.29 is 4.39 Å². The number of benzene rings is 1. The molecule has 2 rings (SSSR count). The third-order valence-corrected chi connectivity index (χ3v) is 3.03. The van der Waals surface area contributed by atoms with Crippen LogP contribution in [0.2, 0.25) is 0 Å². The molecule has 0 amide bonds. The minimum Gasteiger partial charge on any atom is -0.383 e. The van der Waals surface area contributed by atoms with Gasteiger partial charge in [0.1, 0.15) is 23.3 Å². The van der Waals surface area contributed by atoms with Crippen molar-refractivity contribution in [2.75, 3.05) is 17.7 Å². The molecule has 2 N–H and O–H groups in total. The van der Waals surface area contributed by atoms with E-state index in [0.717, 1.165) is 11.3 Å². The molecule has 0 aliphatic rings. The number of nitrogen functional groups attached to an aromatic ring is 1. The second-order valence-electron chi connectivity index (χ2n) is 4.37. The Hall–Kier alpha value is -2.17. The SMILES string of the molecule is CCc1nc(N)c(C)c(N(C)c2cccc(F)c2)n1. The van der Waals surface area contributed by atoms with E-state index in [1.54, 1.807) is 6.07 Å². The highest BCUT2D eigenvalue weighted by atomic mass is 19.1. The van der Waals surface area contributed by atoms with Crippen molar-refractivity contribution >= 4 is 17.3 Å². The summed E-state index contributed by atoms with van der Waals surface area (Å²) >= 11 is 0. The van der Waals surface area contributed by atoms with Gasteiger partial charge in [0.2, 0.25) is 0 Å². The predicted molar refractivity (Wildman–Crippen MR) is 75.0 cm³/mol. The lowest BCUT2D eigenvalue weighted by molar-refractivity contribution is 0.628. The van der Waals surface area contributed by atoms with Gasteiger partial charge in [0.15, 0.2) is 0 Å². The monoisotopic (exact) mass is 260 g/mol. The number of halogens is 1. The summed E-state index contributed by atoms with van der Waals surface area (Å²) in [4.78, 5) is 10.5. The predicted octanol–water partition coefficient (Wildman–Crippen LogP) is 2.84. The Morgan fingerprint density at radius 2 is 2.05 bits per heavy atom. The van der Waals surface area contributed by atoms with Crippen LogP contribution in [-0.4, -0.2) is 17.0 Å². The number of nitrogens with zero attached hydrogens (tertiary/aromatic N) is 3. The fraction of sp³-hybridized carbons (Fsp3) is 0.286. The first-order valence-electron chi connectivity index (χ1n) is 6.15. The molecule has 0 saturated heterocycles. The highest BCUT2D eigenvalue weighted by molar-refractivity contribution is 5.65. The standard InChI is InChI=1S/C14H17FN4/c1-4-12-17-13(16)9(2)14(18-12)19(3)11-7-5-6-10(15)8-11/h5-8H,4H2,1-3H3,(H2,16,17,18). The molecule has 0 atom stereocenters. The van der Waals surface area contributed by atoms with E-state index < -0.39 is 0 Å². The van der Waals surface area contributed by atoms with Gasteiger partial charge in [-0.15, -0.1) is 0 Å². The Morgan fingerprint density at radius 3 is 2.68 bits per heavy atom. The molecule has 0 bridgehead atoms. The van der Waals surface area contributed by atoms with Gasteiger partial charge in [0.05, 0.1) is 0 Å². The Balaban J connectivity index is 2.49. The van der Waals surface area contributed by atoms with Crippen LogP contribution in [0.15, 0.2) is 24.3 Å². The summed E-state index contributed by atoms with van der Waals surface area (Å²) in [7, 11) is 1.84. The largest absolute Gasteiger partial charge is 0.383 e. The summed E-state index contributed by atoms with van der Waals surface area (Å²) in [5, 5.41) is 0. The Bertz CT molecular complexity index is 598. The van der Waals surface area contributed by atoms with E-state index in [0.29, 0.717) is 23.9 Å². The molecule has 2 aromatic rings. The molecule has 5 heteroatoms. The van der Waals surface area contributed by atoms with Crippen molar-refractivity contribution in [2.24, 2.45) is 0 Å². The van der Waals surface area contributed by atoms with Crippen molar-refractivity contribution in [3.8, 4) is 0 Å². The number of hydrogen-bond acceptors (Lipinski definition) is 4. The highest BCUT2D eigenvalue weighted by Gasteiger charge is 2.13. The smallest absolute Gasteiger partial charge is 0.141 e. The first-order chi connectivity index (χ1) is 9.02. The summed E-state index contributed by atoms with van der Waals surface area (Å²) in [6.45, 7) is 3.83. The summed E-state index contributed by atoms with van der Waals surface area (Å²) in [5.74, 6) is 1.57. The Morgan fingerprint density at radius 1 is 1.32 bits per heavy atom. The number of hydrogen-bond donors (Lipinski definition) is 1. The molecule has 0 unspecified atom stereocenters. The molecule has 0 radical (unpaired) electrons. The van der Waals surface area contributed by atoms with E-state index in [4.69, 9.17) is 5.73 Å². The fourth-order valence-corrected chi connectivity index (χ4v) is 1.86. The second-order valence-corrected chi connectivity index (χ2v) is 4.37. The highest BCUT2D eigenvalue weighted by Crippen LogP contribution is 2.27. The van der Waals surface area contributed by atoms with E-state index >= 15 is 0 Å². The van der Waals surface area contributed by atoms with Gasteiger partial charge in [-0.25, -0.2) is 14.4 Å². The average molecular weight is 260 g/mol. The maximum Gasteiger partial charge on any atom is 0.141 e. The zero-order valence-corrected chi connectivity index (χ0v) is 11.3. The van der Waals surface area contributed by atoms with Crippen LogP contribution in [-0.2, 0) is 6.42 Å². The topological polar surface area (TPSA) is 55.0 Å². The maximum atomic E-state index is 13.3. The van der Waals surface area contributed by atoms with Gasteiger partial charge in [0.25, 0.3) is 0 Å². The Kier molecular flexibility index (Phi) is 3.64. The lowest BCUT2D eigenvalue weighted by Gasteiger charge is -2.21. The fourth-order valence-electron chi connectivity index (χ4n) is 1.86. The summed E-state index contributed by atoms with van der Waals surface area (Å²) in [6, 6.07) is 6.37. The lowest BCUT2D eigenvalue weighted by Crippen LogP contribution is -2.16. The average Bonchev–Trinajstić information content (AvgIpc) is 2.41. The zero-order chi connectivity index (χ0) is 14.0. The van der Waals surface area contributed by atoms with E-state index in [1.807, 2.05) is 31.9 Å². The van der Waals surface area contributed by atoms with E-state index in [9.17, 15) is 4.39 Å². The minimum atomic E-state index is -0.278. The van der Waals surface area contributed by atoms with Gasteiger partial charge in [-0.2, -0.15) is 0 Å². The molecule has 0 aliphatic carbocycles. The third-order valence-electron chi connectivity index (χ3n) is 3.03. The van der Waals surface area contributed by atoms with Crippen LogP contribution >= 0.6 is 0 Å². The Labute approximate surface area is 112 Å². The van der Waals surface area contributed by atoms with Crippen molar-refractivity contribution in [3.05, 3.63) is 41.5 Å². The van der Waals surface area contributed by atoms with Gasteiger partial charge in [-0.05, 0) is 25.1 Å². The molecular weight excluding hydrogens is 243 g/mol. The minimum absolute atomic E-state index is 0.278. The lowest BCUT2D eigenvalue weighted by atomic mass is 10.2. The molecular formula is C14H17FN4. The number of anilines is 3. The maximum absolute atomic E-state index is 13.3. The number of rotatable bonds is 3. The molecule has 100 valence electrons. The number of nitrogens with two attached hydrogens (primary N) is 1. The van der Waals surface area contributed by atoms with Gasteiger partial charge < -0.3 is 10.6 Å². The molecule has 1 aromatic carbocycles. The molecule has 0 aliphatic heterocycles. The van der Waals surface area contributed by atoms with Crippen LogP contribution < -0.4 is 10.6 Å². The first-order valence-corrected chi connectivity index (χ1v) is 6.15. The second kappa shape index (κ2) is 5.22. The van der Waals surface area contributed by atoms with E-state index in [-0.39, 0.29) is 5.82 Å². The summed E-state index contributed by atoms with van der Waals surface area (Å²) < 4.78 is 13.3. The molecule has 0 fully saturated rings. The quantitative estimate of drug-likeness (QED) is 0.922. The normalized spacial score (nSPS) is 10.5. The van der Waals surface area contributed by atoms with E-state index in [2.05, 4.69) is 9.97 Å². The third kappa shape index (κ3) is 2.65. The van der Waals surface area contributed by atoms with Gasteiger partial charge in [-0.1, -0.05) is 13.0 Å². The molecule has 19 heavy (non-hydrogen) atoms. The molecule has 0 saturated carbocycles. The van der Waals surface area contributed by atoms with E-state index in [1.165, 1.54) is 12.1 Å². The zero-order valence-electron chi connectivity index (χ0n) is 11.3. The molecule has 4 nitrogen and oxygen atoms in total.